The summed E-state index contributed by atoms with van der Waals surface area (Å²) in [5.41, 5.74) is 5.68. The number of aromatic nitrogens is 1. The van der Waals surface area contributed by atoms with E-state index >= 15 is 0 Å². The third kappa shape index (κ3) is 4.60. The number of rotatable bonds is 9. The van der Waals surface area contributed by atoms with Gasteiger partial charge in [0.15, 0.2) is 15.7 Å². The van der Waals surface area contributed by atoms with Crippen LogP contribution < -0.4 is 11.1 Å². The maximum absolute atomic E-state index is 12.1. The van der Waals surface area contributed by atoms with Gasteiger partial charge in [-0.2, -0.15) is 4.37 Å². The van der Waals surface area contributed by atoms with E-state index in [0.29, 0.717) is 18.0 Å². The topological polar surface area (TPSA) is 105 Å². The Balaban J connectivity index is 2.68. The van der Waals surface area contributed by atoms with Crippen LogP contribution in [-0.2, 0) is 9.84 Å². The molecule has 1 atom stereocenters. The third-order valence-electron chi connectivity index (χ3n) is 2.93. The van der Waals surface area contributed by atoms with Crippen LogP contribution in [-0.4, -0.2) is 36.8 Å². The zero-order valence-corrected chi connectivity index (χ0v) is 13.6. The highest BCUT2D eigenvalue weighted by molar-refractivity contribution is 7.91. The fourth-order valence-corrected chi connectivity index (χ4v) is 4.47. The van der Waals surface area contributed by atoms with Gasteiger partial charge in [0.1, 0.15) is 9.90 Å². The summed E-state index contributed by atoms with van der Waals surface area (Å²) in [6, 6.07) is 0. The van der Waals surface area contributed by atoms with Gasteiger partial charge in [-0.3, -0.25) is 0 Å². The van der Waals surface area contributed by atoms with Gasteiger partial charge in [0.25, 0.3) is 0 Å². The average Bonchev–Trinajstić information content (AvgIpc) is 2.76. The molecule has 1 unspecified atom stereocenters. The van der Waals surface area contributed by atoms with Crippen molar-refractivity contribution >= 4 is 32.2 Å². The first-order valence-corrected chi connectivity index (χ1v) is 9.17. The maximum atomic E-state index is 12.1. The molecule has 0 bridgehead atoms. The van der Waals surface area contributed by atoms with Gasteiger partial charge >= 0.3 is 0 Å². The van der Waals surface area contributed by atoms with Crippen LogP contribution in [0.5, 0.6) is 0 Å². The number of nitrogens with two attached hydrogens (primary N) is 1. The lowest BCUT2D eigenvalue weighted by Gasteiger charge is -2.09. The second-order valence-electron chi connectivity index (χ2n) is 4.90. The lowest BCUT2D eigenvalue weighted by Crippen LogP contribution is -2.11. The Labute approximate surface area is 124 Å². The second-order valence-corrected chi connectivity index (χ2v) is 7.72. The number of nitrogen functional groups attached to an aromatic ring is 1. The minimum absolute atomic E-state index is 0.0752. The summed E-state index contributed by atoms with van der Waals surface area (Å²) in [6.45, 7) is 4.60. The lowest BCUT2D eigenvalue weighted by atomic mass is 10.1. The molecule has 6 nitrogen and oxygen atoms in total. The van der Waals surface area contributed by atoms with Crippen LogP contribution in [0.2, 0.25) is 0 Å². The normalized spacial score (nSPS) is 13.3. The Morgan fingerprint density at radius 1 is 1.50 bits per heavy atom. The first-order valence-electron chi connectivity index (χ1n) is 6.75. The van der Waals surface area contributed by atoms with Gasteiger partial charge in [-0.15, -0.1) is 0 Å². The van der Waals surface area contributed by atoms with Crippen LogP contribution in [0.4, 0.5) is 10.8 Å². The maximum Gasteiger partial charge on any atom is 0.185 e. The van der Waals surface area contributed by atoms with Gasteiger partial charge in [0.2, 0.25) is 0 Å². The average molecular weight is 321 g/mol. The molecule has 0 spiro atoms. The Morgan fingerprint density at radius 3 is 2.80 bits per heavy atom. The predicted molar refractivity (Wildman–Crippen MR) is 82.8 cm³/mol. The molecule has 0 radical (unpaired) electrons. The minimum Gasteiger partial charge on any atom is -0.396 e. The zero-order chi connectivity index (χ0) is 15.2. The minimum atomic E-state index is -3.37. The fraction of sp³-hybridized carbons (Fsp3) is 0.750. The molecule has 0 fully saturated rings. The van der Waals surface area contributed by atoms with E-state index in [1.807, 2.05) is 13.8 Å². The van der Waals surface area contributed by atoms with Gasteiger partial charge in [0.05, 0.1) is 5.75 Å². The van der Waals surface area contributed by atoms with Crippen LogP contribution in [0.25, 0.3) is 0 Å². The van der Waals surface area contributed by atoms with E-state index in [1.54, 1.807) is 0 Å². The van der Waals surface area contributed by atoms with Crippen LogP contribution >= 0.6 is 11.5 Å². The fourth-order valence-electron chi connectivity index (χ4n) is 1.82. The molecule has 1 aromatic rings. The summed E-state index contributed by atoms with van der Waals surface area (Å²) in [5, 5.41) is 12.6. The van der Waals surface area contributed by atoms with E-state index in [9.17, 15) is 8.42 Å². The standard InChI is InChI=1S/C12H23N3O3S2/c1-3-7-20(17,18)10-11(13)15-19-12(10)14-6-4-5-9(2)8-16/h9,14,16H,3-8H2,1-2H3,(H2,13,15). The molecule has 1 rings (SSSR count). The highest BCUT2D eigenvalue weighted by atomic mass is 32.2. The van der Waals surface area contributed by atoms with Crippen LogP contribution in [0, 0.1) is 5.92 Å². The molecule has 116 valence electrons. The van der Waals surface area contributed by atoms with E-state index in [2.05, 4.69) is 9.69 Å². The predicted octanol–water partition coefficient (Wildman–Crippen LogP) is 1.73. The monoisotopic (exact) mass is 321 g/mol. The van der Waals surface area contributed by atoms with Gasteiger partial charge in [-0.25, -0.2) is 8.42 Å². The number of nitrogens with zero attached hydrogens (tertiary/aromatic N) is 1. The Morgan fingerprint density at radius 2 is 2.20 bits per heavy atom. The van der Waals surface area contributed by atoms with Crippen molar-refractivity contribution in [3.8, 4) is 0 Å². The van der Waals surface area contributed by atoms with Crippen molar-refractivity contribution in [1.29, 1.82) is 0 Å². The van der Waals surface area contributed by atoms with Crippen molar-refractivity contribution in [2.45, 2.75) is 38.0 Å². The first-order chi connectivity index (χ1) is 9.42. The molecule has 0 aromatic carbocycles. The summed E-state index contributed by atoms with van der Waals surface area (Å²) < 4.78 is 28.2. The van der Waals surface area contributed by atoms with Gasteiger partial charge < -0.3 is 16.2 Å². The van der Waals surface area contributed by atoms with Crippen molar-refractivity contribution in [2.24, 2.45) is 5.92 Å². The Kier molecular flexibility index (Phi) is 6.70. The number of anilines is 2. The van der Waals surface area contributed by atoms with Crippen molar-refractivity contribution in [3.05, 3.63) is 0 Å². The van der Waals surface area contributed by atoms with Crippen molar-refractivity contribution in [2.75, 3.05) is 30.0 Å². The molecule has 1 aromatic heterocycles. The van der Waals surface area contributed by atoms with E-state index in [0.717, 1.165) is 24.4 Å². The zero-order valence-electron chi connectivity index (χ0n) is 11.9. The molecule has 0 amide bonds. The number of nitrogens with one attached hydrogen (secondary N) is 1. The van der Waals surface area contributed by atoms with Gasteiger partial charge in [-0.05, 0) is 36.7 Å². The number of hydrogen-bond acceptors (Lipinski definition) is 7. The quantitative estimate of drug-likeness (QED) is 0.598. The molecule has 8 heteroatoms. The van der Waals surface area contributed by atoms with Crippen LogP contribution in [0.3, 0.4) is 0 Å². The van der Waals surface area contributed by atoms with Gasteiger partial charge in [-0.1, -0.05) is 13.8 Å². The van der Waals surface area contributed by atoms with E-state index in [4.69, 9.17) is 10.8 Å². The van der Waals surface area contributed by atoms with E-state index in [-0.39, 0.29) is 29.0 Å². The Hall–Kier alpha value is -0.860. The molecular weight excluding hydrogens is 298 g/mol. The molecule has 0 aliphatic heterocycles. The van der Waals surface area contributed by atoms with E-state index < -0.39 is 9.84 Å². The number of hydrogen-bond donors (Lipinski definition) is 3. The number of aliphatic hydroxyl groups excluding tert-OH is 1. The lowest BCUT2D eigenvalue weighted by molar-refractivity contribution is 0.229. The summed E-state index contributed by atoms with van der Waals surface area (Å²) in [4.78, 5) is 0.138. The summed E-state index contributed by atoms with van der Waals surface area (Å²) in [7, 11) is -3.37. The summed E-state index contributed by atoms with van der Waals surface area (Å²) in [6.07, 6.45) is 2.28. The SMILES string of the molecule is CCCS(=O)(=O)c1c(N)nsc1NCCCC(C)CO. The molecule has 0 aliphatic rings. The molecular formula is C12H23N3O3S2. The highest BCUT2D eigenvalue weighted by Gasteiger charge is 2.24. The molecule has 20 heavy (non-hydrogen) atoms. The first kappa shape index (κ1) is 17.2. The van der Waals surface area contributed by atoms with Crippen LogP contribution in [0.15, 0.2) is 4.90 Å². The van der Waals surface area contributed by atoms with Crippen molar-refractivity contribution in [3.63, 3.8) is 0 Å². The molecule has 0 saturated heterocycles. The van der Waals surface area contributed by atoms with Crippen LogP contribution in [0.1, 0.15) is 33.1 Å². The molecule has 4 N–H and O–H groups in total. The molecule has 0 aliphatic carbocycles. The van der Waals surface area contributed by atoms with E-state index in [1.165, 1.54) is 0 Å². The Bertz CT molecular complexity index is 514. The molecule has 1 heterocycles. The molecule has 0 saturated carbocycles. The van der Waals surface area contributed by atoms with Gasteiger partial charge in [0, 0.05) is 13.2 Å². The third-order valence-corrected chi connectivity index (χ3v) is 5.86. The second kappa shape index (κ2) is 7.80. The largest absolute Gasteiger partial charge is 0.396 e. The summed E-state index contributed by atoms with van der Waals surface area (Å²) in [5.74, 6) is 0.410. The van der Waals surface area contributed by atoms with Crippen molar-refractivity contribution < 1.29 is 13.5 Å². The number of aliphatic hydroxyl groups is 1. The smallest absolute Gasteiger partial charge is 0.185 e. The summed E-state index contributed by atoms with van der Waals surface area (Å²) >= 11 is 1.08. The number of sulfone groups is 1. The highest BCUT2D eigenvalue weighted by Crippen LogP contribution is 2.32. The van der Waals surface area contributed by atoms with Crippen molar-refractivity contribution in [1.82, 2.24) is 4.37 Å².